The first kappa shape index (κ1) is 18.3. The highest BCUT2D eigenvalue weighted by molar-refractivity contribution is 7.10. The minimum absolute atomic E-state index is 0.170. The fourth-order valence-electron chi connectivity index (χ4n) is 3.61. The molecular weight excluding hydrogens is 332 g/mol. The quantitative estimate of drug-likeness (QED) is 0.562. The van der Waals surface area contributed by atoms with Crippen molar-refractivity contribution in [3.8, 4) is 0 Å². The van der Waals surface area contributed by atoms with Crippen molar-refractivity contribution in [3.05, 3.63) is 58.3 Å². The summed E-state index contributed by atoms with van der Waals surface area (Å²) in [6.45, 7) is 4.43. The van der Waals surface area contributed by atoms with Gasteiger partial charge in [-0.05, 0) is 17.0 Å². The number of rotatable bonds is 8. The van der Waals surface area contributed by atoms with Crippen molar-refractivity contribution >= 4 is 17.1 Å². The Balaban J connectivity index is 1.66. The van der Waals surface area contributed by atoms with Crippen molar-refractivity contribution in [2.75, 3.05) is 39.8 Å². The molecule has 0 aliphatic carbocycles. The van der Waals surface area contributed by atoms with E-state index in [1.807, 2.05) is 47.8 Å². The van der Waals surface area contributed by atoms with Crippen LogP contribution in [0.2, 0.25) is 0 Å². The molecular formula is C20H27N2O2S+. The molecule has 5 heteroatoms. The standard InChI is InChI=1S/C20H27N2O2S/c1-22(12-5-6-13-22)14-11-21-16-18(23)20(24,19-10-7-15-25-19)17-8-3-2-4-9-17/h2-4,7-10,15,21,24H,5-6,11-14,16H2,1H3/q+1. The Kier molecular flexibility index (Phi) is 5.69. The fourth-order valence-corrected chi connectivity index (χ4v) is 4.47. The van der Waals surface area contributed by atoms with Gasteiger partial charge in [-0.25, -0.2) is 0 Å². The van der Waals surface area contributed by atoms with Crippen LogP contribution in [-0.2, 0) is 10.4 Å². The van der Waals surface area contributed by atoms with Crippen LogP contribution in [0.15, 0.2) is 47.8 Å². The number of nitrogens with zero attached hydrogens (tertiary/aromatic N) is 1. The van der Waals surface area contributed by atoms with E-state index in [1.54, 1.807) is 0 Å². The van der Waals surface area contributed by atoms with Gasteiger partial charge < -0.3 is 14.9 Å². The number of hydrogen-bond donors (Lipinski definition) is 2. The summed E-state index contributed by atoms with van der Waals surface area (Å²) in [5.74, 6) is -0.203. The fraction of sp³-hybridized carbons (Fsp3) is 0.450. The van der Waals surface area contributed by atoms with Crippen LogP contribution in [-0.4, -0.2) is 55.1 Å². The van der Waals surface area contributed by atoms with Crippen LogP contribution in [0.25, 0.3) is 0 Å². The van der Waals surface area contributed by atoms with E-state index in [9.17, 15) is 9.90 Å². The van der Waals surface area contributed by atoms with Gasteiger partial charge in [0, 0.05) is 24.3 Å². The molecule has 1 fully saturated rings. The lowest BCUT2D eigenvalue weighted by atomic mass is 9.87. The van der Waals surface area contributed by atoms with E-state index >= 15 is 0 Å². The second-order valence-electron chi connectivity index (χ2n) is 7.15. The lowest BCUT2D eigenvalue weighted by molar-refractivity contribution is -0.896. The molecule has 1 aliphatic rings. The highest BCUT2D eigenvalue weighted by Crippen LogP contribution is 2.33. The Hall–Kier alpha value is -1.53. The molecule has 0 bridgehead atoms. The molecule has 1 unspecified atom stereocenters. The summed E-state index contributed by atoms with van der Waals surface area (Å²) < 4.78 is 1.08. The highest BCUT2D eigenvalue weighted by Gasteiger charge is 2.40. The van der Waals surface area contributed by atoms with Gasteiger partial charge in [-0.3, -0.25) is 4.79 Å². The number of ketones is 1. The summed E-state index contributed by atoms with van der Waals surface area (Å²) in [6, 6.07) is 12.9. The number of hydrogen-bond acceptors (Lipinski definition) is 4. The maximum absolute atomic E-state index is 12.9. The monoisotopic (exact) mass is 359 g/mol. The van der Waals surface area contributed by atoms with Crippen molar-refractivity contribution in [1.29, 1.82) is 0 Å². The third-order valence-corrected chi connectivity index (χ3v) is 6.21. The SMILES string of the molecule is C[N+]1(CCNCC(=O)C(O)(c2ccccc2)c2cccs2)CCCC1. The lowest BCUT2D eigenvalue weighted by Gasteiger charge is -2.30. The maximum atomic E-state index is 12.9. The van der Waals surface area contributed by atoms with Crippen molar-refractivity contribution in [2.45, 2.75) is 18.4 Å². The first-order chi connectivity index (χ1) is 12.0. The molecule has 1 aliphatic heterocycles. The number of aliphatic hydroxyl groups is 1. The molecule has 4 nitrogen and oxygen atoms in total. The highest BCUT2D eigenvalue weighted by atomic mass is 32.1. The van der Waals surface area contributed by atoms with Gasteiger partial charge in [0.2, 0.25) is 0 Å². The minimum Gasteiger partial charge on any atom is -0.373 e. The topological polar surface area (TPSA) is 49.3 Å². The van der Waals surface area contributed by atoms with Gasteiger partial charge in [-0.2, -0.15) is 0 Å². The lowest BCUT2D eigenvalue weighted by Crippen LogP contribution is -2.47. The molecule has 0 amide bonds. The molecule has 134 valence electrons. The van der Waals surface area contributed by atoms with Gasteiger partial charge in [0.15, 0.2) is 11.4 Å². The number of carbonyl (C=O) groups excluding carboxylic acids is 1. The van der Waals surface area contributed by atoms with Gasteiger partial charge in [-0.15, -0.1) is 11.3 Å². The number of likely N-dealkylation sites (tertiary alicyclic amines) is 1. The van der Waals surface area contributed by atoms with Crippen molar-refractivity contribution in [2.24, 2.45) is 0 Å². The van der Waals surface area contributed by atoms with E-state index in [0.717, 1.165) is 17.6 Å². The number of quaternary nitrogens is 1. The third-order valence-electron chi connectivity index (χ3n) is 5.23. The summed E-state index contributed by atoms with van der Waals surface area (Å²) in [7, 11) is 2.28. The molecule has 0 radical (unpaired) electrons. The molecule has 2 heterocycles. The van der Waals surface area contributed by atoms with Crippen LogP contribution in [0, 0.1) is 0 Å². The summed E-state index contributed by atoms with van der Waals surface area (Å²) in [5, 5.41) is 16.4. The third kappa shape index (κ3) is 4.01. The van der Waals surface area contributed by atoms with Crippen molar-refractivity contribution in [3.63, 3.8) is 0 Å². The van der Waals surface area contributed by atoms with Crippen LogP contribution in [0.3, 0.4) is 0 Å². The summed E-state index contributed by atoms with van der Waals surface area (Å²) >= 11 is 1.41. The molecule has 0 spiro atoms. The molecule has 25 heavy (non-hydrogen) atoms. The number of carbonyl (C=O) groups is 1. The van der Waals surface area contributed by atoms with E-state index in [-0.39, 0.29) is 12.3 Å². The van der Waals surface area contributed by atoms with Crippen LogP contribution in [0.1, 0.15) is 23.3 Å². The molecule has 2 N–H and O–H groups in total. The Bertz CT molecular complexity index is 681. The Morgan fingerprint density at radius 2 is 1.92 bits per heavy atom. The number of benzene rings is 1. The van der Waals surface area contributed by atoms with E-state index in [2.05, 4.69) is 12.4 Å². The second-order valence-corrected chi connectivity index (χ2v) is 8.10. The zero-order valence-corrected chi connectivity index (χ0v) is 15.6. The summed E-state index contributed by atoms with van der Waals surface area (Å²) in [5.41, 5.74) is -0.947. The van der Waals surface area contributed by atoms with E-state index in [0.29, 0.717) is 10.4 Å². The molecule has 2 aromatic rings. The van der Waals surface area contributed by atoms with E-state index in [1.165, 1.54) is 37.3 Å². The zero-order chi connectivity index (χ0) is 17.8. The first-order valence-electron chi connectivity index (χ1n) is 8.94. The number of likely N-dealkylation sites (N-methyl/N-ethyl adjacent to an activating group) is 1. The molecule has 1 saturated heterocycles. The van der Waals surface area contributed by atoms with Crippen LogP contribution in [0.5, 0.6) is 0 Å². The molecule has 3 rings (SSSR count). The van der Waals surface area contributed by atoms with Gasteiger partial charge >= 0.3 is 0 Å². The van der Waals surface area contributed by atoms with Crippen molar-refractivity contribution < 1.29 is 14.4 Å². The minimum atomic E-state index is -1.57. The average molecular weight is 360 g/mol. The molecule has 1 aromatic heterocycles. The number of nitrogens with one attached hydrogen (secondary N) is 1. The maximum Gasteiger partial charge on any atom is 0.188 e. The van der Waals surface area contributed by atoms with Gasteiger partial charge in [0.1, 0.15) is 0 Å². The zero-order valence-electron chi connectivity index (χ0n) is 14.8. The van der Waals surface area contributed by atoms with Gasteiger partial charge in [0.25, 0.3) is 0 Å². The Morgan fingerprint density at radius 3 is 2.56 bits per heavy atom. The Labute approximate surface area is 153 Å². The first-order valence-corrected chi connectivity index (χ1v) is 9.82. The van der Waals surface area contributed by atoms with E-state index < -0.39 is 5.60 Å². The largest absolute Gasteiger partial charge is 0.373 e. The molecule has 0 saturated carbocycles. The molecule has 1 atom stereocenters. The molecule has 1 aromatic carbocycles. The summed E-state index contributed by atoms with van der Waals surface area (Å²) in [6.07, 6.45) is 2.59. The van der Waals surface area contributed by atoms with E-state index in [4.69, 9.17) is 0 Å². The number of thiophene rings is 1. The van der Waals surface area contributed by atoms with Crippen molar-refractivity contribution in [1.82, 2.24) is 5.32 Å². The smallest absolute Gasteiger partial charge is 0.188 e. The summed E-state index contributed by atoms with van der Waals surface area (Å²) in [4.78, 5) is 13.6. The Morgan fingerprint density at radius 1 is 1.20 bits per heavy atom. The van der Waals surface area contributed by atoms with Crippen LogP contribution in [0.4, 0.5) is 0 Å². The number of Topliss-reactive ketones (excluding diaryl/α,β-unsaturated/α-hetero) is 1. The predicted molar refractivity (Wildman–Crippen MR) is 102 cm³/mol. The predicted octanol–water partition coefficient (Wildman–Crippen LogP) is 2.38. The van der Waals surface area contributed by atoms with Crippen LogP contribution >= 0.6 is 11.3 Å². The van der Waals surface area contributed by atoms with Gasteiger partial charge in [-0.1, -0.05) is 36.4 Å². The average Bonchev–Trinajstić information content (AvgIpc) is 3.31. The second kappa shape index (κ2) is 7.79. The van der Waals surface area contributed by atoms with Crippen LogP contribution < -0.4 is 5.32 Å². The normalized spacial score (nSPS) is 18.8. The van der Waals surface area contributed by atoms with Gasteiger partial charge in [0.05, 0.1) is 33.2 Å².